The number of likely N-dealkylation sites (tertiary alicyclic amines) is 2. The zero-order valence-electron chi connectivity index (χ0n) is 14.5. The number of aryl methyl sites for hydroxylation is 1. The number of piperidine rings is 1. The Bertz CT molecular complexity index is 654. The Morgan fingerprint density at radius 1 is 1.17 bits per heavy atom. The first-order valence-corrected chi connectivity index (χ1v) is 9.24. The Hall–Kier alpha value is -1.84. The van der Waals surface area contributed by atoms with Crippen molar-refractivity contribution in [1.82, 2.24) is 9.80 Å². The highest BCUT2D eigenvalue weighted by molar-refractivity contribution is 5.92. The number of carbonyl (C=O) groups excluding carboxylic acids is 2. The fourth-order valence-corrected chi connectivity index (χ4v) is 4.30. The maximum Gasteiger partial charge on any atom is 0.233 e. The van der Waals surface area contributed by atoms with Gasteiger partial charge in [-0.05, 0) is 56.1 Å². The van der Waals surface area contributed by atoms with Gasteiger partial charge in [-0.25, -0.2) is 0 Å². The second kappa shape index (κ2) is 5.91. The van der Waals surface area contributed by atoms with Gasteiger partial charge in [-0.2, -0.15) is 0 Å². The standard InChI is InChI=1S/C20H26N2O2/c1-15-3-4-17(16-5-11-21(14-23)12-6-16)18(13-15)20(7-8-20)19(24)22-9-2-10-22/h3-4,13-14,16H,2,5-12H2,1H3. The summed E-state index contributed by atoms with van der Waals surface area (Å²) in [6, 6.07) is 6.68. The van der Waals surface area contributed by atoms with Crippen molar-refractivity contribution >= 4 is 12.3 Å². The van der Waals surface area contributed by atoms with Gasteiger partial charge in [0.2, 0.25) is 12.3 Å². The molecular weight excluding hydrogens is 300 g/mol. The van der Waals surface area contributed by atoms with E-state index in [0.29, 0.717) is 11.8 Å². The molecule has 4 nitrogen and oxygen atoms in total. The average Bonchev–Trinajstić information content (AvgIpc) is 3.35. The van der Waals surface area contributed by atoms with E-state index in [4.69, 9.17) is 0 Å². The summed E-state index contributed by atoms with van der Waals surface area (Å²) in [6.45, 7) is 5.63. The monoisotopic (exact) mass is 326 g/mol. The molecule has 0 aromatic heterocycles. The molecule has 0 N–H and O–H groups in total. The normalized spacial score (nSPS) is 22.9. The largest absolute Gasteiger partial charge is 0.345 e. The topological polar surface area (TPSA) is 40.6 Å². The fourth-order valence-electron chi connectivity index (χ4n) is 4.30. The van der Waals surface area contributed by atoms with Gasteiger partial charge in [-0.1, -0.05) is 23.8 Å². The van der Waals surface area contributed by atoms with Crippen LogP contribution >= 0.6 is 0 Å². The van der Waals surface area contributed by atoms with Crippen LogP contribution in [-0.2, 0) is 15.0 Å². The molecule has 4 rings (SSSR count). The minimum Gasteiger partial charge on any atom is -0.345 e. The molecule has 0 atom stereocenters. The molecule has 0 unspecified atom stereocenters. The van der Waals surface area contributed by atoms with Gasteiger partial charge in [0.05, 0.1) is 5.41 Å². The zero-order chi connectivity index (χ0) is 16.7. The summed E-state index contributed by atoms with van der Waals surface area (Å²) in [6.07, 6.45) is 6.10. The lowest BCUT2D eigenvalue weighted by molar-refractivity contribution is -0.137. The van der Waals surface area contributed by atoms with Gasteiger partial charge in [0.25, 0.3) is 0 Å². The minimum absolute atomic E-state index is 0.246. The summed E-state index contributed by atoms with van der Waals surface area (Å²) < 4.78 is 0. The number of benzene rings is 1. The van der Waals surface area contributed by atoms with Crippen molar-refractivity contribution < 1.29 is 9.59 Å². The Morgan fingerprint density at radius 3 is 2.42 bits per heavy atom. The summed E-state index contributed by atoms with van der Waals surface area (Å²) in [7, 11) is 0. The maximum absolute atomic E-state index is 13.0. The molecule has 1 saturated carbocycles. The van der Waals surface area contributed by atoms with Crippen LogP contribution in [0.4, 0.5) is 0 Å². The van der Waals surface area contributed by atoms with E-state index in [0.717, 1.165) is 64.7 Å². The van der Waals surface area contributed by atoms with Gasteiger partial charge in [-0.15, -0.1) is 0 Å². The Morgan fingerprint density at radius 2 is 1.88 bits per heavy atom. The molecule has 2 amide bonds. The zero-order valence-corrected chi connectivity index (χ0v) is 14.5. The third-order valence-electron chi connectivity index (χ3n) is 6.15. The fraction of sp³-hybridized carbons (Fsp3) is 0.600. The van der Waals surface area contributed by atoms with Crippen molar-refractivity contribution in [2.24, 2.45) is 0 Å². The number of nitrogens with zero attached hydrogens (tertiary/aromatic N) is 2. The second-order valence-corrected chi connectivity index (χ2v) is 7.73. The lowest BCUT2D eigenvalue weighted by Gasteiger charge is -2.36. The number of hydrogen-bond donors (Lipinski definition) is 0. The lowest BCUT2D eigenvalue weighted by atomic mass is 9.80. The van der Waals surface area contributed by atoms with Crippen LogP contribution in [0.25, 0.3) is 0 Å². The highest BCUT2D eigenvalue weighted by Crippen LogP contribution is 2.53. The predicted octanol–water partition coefficient (Wildman–Crippen LogP) is 2.59. The maximum atomic E-state index is 13.0. The highest BCUT2D eigenvalue weighted by Gasteiger charge is 2.55. The summed E-state index contributed by atoms with van der Waals surface area (Å²) in [4.78, 5) is 27.9. The van der Waals surface area contributed by atoms with Crippen molar-refractivity contribution in [1.29, 1.82) is 0 Å². The Kier molecular flexibility index (Phi) is 3.86. The molecule has 24 heavy (non-hydrogen) atoms. The first-order chi connectivity index (χ1) is 11.6. The molecular formula is C20H26N2O2. The average molecular weight is 326 g/mol. The molecule has 3 fully saturated rings. The van der Waals surface area contributed by atoms with E-state index in [9.17, 15) is 9.59 Å². The molecule has 0 spiro atoms. The summed E-state index contributed by atoms with van der Waals surface area (Å²) in [5, 5.41) is 0. The van der Waals surface area contributed by atoms with E-state index in [1.54, 1.807) is 0 Å². The van der Waals surface area contributed by atoms with Gasteiger partial charge < -0.3 is 9.80 Å². The van der Waals surface area contributed by atoms with Crippen LogP contribution in [0.5, 0.6) is 0 Å². The van der Waals surface area contributed by atoms with Crippen molar-refractivity contribution in [3.63, 3.8) is 0 Å². The second-order valence-electron chi connectivity index (χ2n) is 7.73. The molecule has 1 aromatic carbocycles. The van der Waals surface area contributed by atoms with E-state index in [-0.39, 0.29) is 5.41 Å². The van der Waals surface area contributed by atoms with Crippen LogP contribution in [0, 0.1) is 6.92 Å². The quantitative estimate of drug-likeness (QED) is 0.798. The molecule has 1 aromatic rings. The molecule has 0 bridgehead atoms. The third-order valence-corrected chi connectivity index (χ3v) is 6.15. The van der Waals surface area contributed by atoms with Crippen LogP contribution in [0.3, 0.4) is 0 Å². The molecule has 4 heteroatoms. The van der Waals surface area contributed by atoms with E-state index >= 15 is 0 Å². The van der Waals surface area contributed by atoms with Crippen molar-refractivity contribution in [2.75, 3.05) is 26.2 Å². The molecule has 1 aliphatic carbocycles. The number of carbonyl (C=O) groups is 2. The Balaban J connectivity index is 1.64. The molecule has 0 radical (unpaired) electrons. The third kappa shape index (κ3) is 2.52. The first kappa shape index (κ1) is 15.7. The SMILES string of the molecule is Cc1ccc(C2CCN(C=O)CC2)c(C2(C(=O)N3CCC3)CC2)c1. The molecule has 2 heterocycles. The highest BCUT2D eigenvalue weighted by atomic mass is 16.2. The molecule has 128 valence electrons. The van der Waals surface area contributed by atoms with Crippen LogP contribution < -0.4 is 0 Å². The smallest absolute Gasteiger partial charge is 0.233 e. The minimum atomic E-state index is -0.246. The van der Waals surface area contributed by atoms with Crippen LogP contribution in [0.15, 0.2) is 18.2 Å². The van der Waals surface area contributed by atoms with E-state index in [2.05, 4.69) is 25.1 Å². The van der Waals surface area contributed by atoms with Crippen molar-refractivity contribution in [3.05, 3.63) is 34.9 Å². The van der Waals surface area contributed by atoms with Crippen LogP contribution in [-0.4, -0.2) is 48.3 Å². The van der Waals surface area contributed by atoms with Crippen molar-refractivity contribution in [3.8, 4) is 0 Å². The number of rotatable bonds is 4. The van der Waals surface area contributed by atoms with Crippen LogP contribution in [0.1, 0.15) is 54.7 Å². The van der Waals surface area contributed by atoms with Gasteiger partial charge in [0.1, 0.15) is 0 Å². The predicted molar refractivity (Wildman–Crippen MR) is 92.9 cm³/mol. The number of amides is 2. The first-order valence-electron chi connectivity index (χ1n) is 9.24. The summed E-state index contributed by atoms with van der Waals surface area (Å²) in [5.74, 6) is 0.824. The number of hydrogen-bond acceptors (Lipinski definition) is 2. The van der Waals surface area contributed by atoms with Gasteiger partial charge in [0, 0.05) is 26.2 Å². The van der Waals surface area contributed by atoms with Gasteiger partial charge in [0.15, 0.2) is 0 Å². The van der Waals surface area contributed by atoms with Gasteiger partial charge in [-0.3, -0.25) is 9.59 Å². The molecule has 2 saturated heterocycles. The van der Waals surface area contributed by atoms with Gasteiger partial charge >= 0.3 is 0 Å². The molecule has 2 aliphatic heterocycles. The van der Waals surface area contributed by atoms with E-state index < -0.39 is 0 Å². The summed E-state index contributed by atoms with van der Waals surface area (Å²) in [5.41, 5.74) is 3.63. The Labute approximate surface area is 143 Å². The van der Waals surface area contributed by atoms with E-state index in [1.165, 1.54) is 16.7 Å². The molecule has 3 aliphatic rings. The van der Waals surface area contributed by atoms with Crippen LogP contribution in [0.2, 0.25) is 0 Å². The summed E-state index contributed by atoms with van der Waals surface area (Å²) >= 11 is 0. The van der Waals surface area contributed by atoms with Crippen molar-refractivity contribution in [2.45, 2.75) is 50.4 Å². The van der Waals surface area contributed by atoms with E-state index in [1.807, 2.05) is 9.80 Å². The lowest BCUT2D eigenvalue weighted by Crippen LogP contribution is -2.47.